The maximum Gasteiger partial charge on any atom is 0.296 e. The van der Waals surface area contributed by atoms with Crippen molar-refractivity contribution in [3.8, 4) is 11.8 Å². The van der Waals surface area contributed by atoms with E-state index >= 15 is 0 Å². The summed E-state index contributed by atoms with van der Waals surface area (Å²) in [6.07, 6.45) is -0.685. The number of halogens is 5. The van der Waals surface area contributed by atoms with Crippen molar-refractivity contribution in [2.45, 2.75) is 30.0 Å². The third kappa shape index (κ3) is 1.98. The maximum absolute atomic E-state index is 14.2. The second-order valence-electron chi connectivity index (χ2n) is 5.66. The van der Waals surface area contributed by atoms with Crippen LogP contribution in [-0.4, -0.2) is 23.3 Å². The van der Waals surface area contributed by atoms with Gasteiger partial charge in [-0.2, -0.15) is 0 Å². The molecule has 0 aromatic heterocycles. The molecule has 3 atom stereocenters. The summed E-state index contributed by atoms with van der Waals surface area (Å²) in [5.41, 5.74) is -2.15. The highest BCUT2D eigenvalue weighted by Crippen LogP contribution is 2.71. The number of epoxide rings is 1. The van der Waals surface area contributed by atoms with Crippen LogP contribution in [0.25, 0.3) is 0 Å². The first-order valence-corrected chi connectivity index (χ1v) is 7.08. The minimum atomic E-state index is -3.57. The lowest BCUT2D eigenvalue weighted by atomic mass is 9.58. The van der Waals surface area contributed by atoms with Gasteiger partial charge in [-0.15, -0.1) is 0 Å². The average molecular weight is 335 g/mol. The Morgan fingerprint density at radius 3 is 2.19 bits per heavy atom. The topological polar surface area (TPSA) is 12.5 Å². The van der Waals surface area contributed by atoms with Gasteiger partial charge in [0.05, 0.1) is 12.0 Å². The second-order valence-corrected chi connectivity index (χ2v) is 6.62. The van der Waals surface area contributed by atoms with Gasteiger partial charge in [0.15, 0.2) is 5.60 Å². The Hall–Kier alpha value is -0.890. The SMILES string of the molecule is CC1(C2(C#Cc3ccc(Cl)cc3)CO2)CC(F)(F)C1(F)Cl. The van der Waals surface area contributed by atoms with Gasteiger partial charge in [0.25, 0.3) is 11.1 Å². The van der Waals surface area contributed by atoms with Crippen LogP contribution in [0.1, 0.15) is 18.9 Å². The van der Waals surface area contributed by atoms with Crippen molar-refractivity contribution in [3.63, 3.8) is 0 Å². The summed E-state index contributed by atoms with van der Waals surface area (Å²) in [6, 6.07) is 6.69. The number of rotatable bonds is 1. The molecule has 0 N–H and O–H groups in total. The fourth-order valence-corrected chi connectivity index (χ4v) is 3.08. The van der Waals surface area contributed by atoms with Gasteiger partial charge in [-0.3, -0.25) is 0 Å². The molecule has 1 aliphatic carbocycles. The van der Waals surface area contributed by atoms with Crippen molar-refractivity contribution in [3.05, 3.63) is 34.9 Å². The van der Waals surface area contributed by atoms with E-state index in [1.165, 1.54) is 6.92 Å². The highest BCUT2D eigenvalue weighted by molar-refractivity contribution is 6.30. The number of alkyl halides is 4. The van der Waals surface area contributed by atoms with Crippen LogP contribution in [0.3, 0.4) is 0 Å². The van der Waals surface area contributed by atoms with E-state index in [4.69, 9.17) is 27.9 Å². The van der Waals surface area contributed by atoms with Crippen LogP contribution in [0.5, 0.6) is 0 Å². The van der Waals surface area contributed by atoms with Gasteiger partial charge in [-0.05, 0) is 24.3 Å². The summed E-state index contributed by atoms with van der Waals surface area (Å²) in [5, 5.41) is -2.59. The van der Waals surface area contributed by atoms with E-state index in [1.807, 2.05) is 0 Å². The van der Waals surface area contributed by atoms with Crippen LogP contribution < -0.4 is 0 Å². The molecule has 1 saturated heterocycles. The zero-order chi connectivity index (χ0) is 15.5. The zero-order valence-corrected chi connectivity index (χ0v) is 12.5. The summed E-state index contributed by atoms with van der Waals surface area (Å²) < 4.78 is 46.1. The summed E-state index contributed by atoms with van der Waals surface area (Å²) in [5.74, 6) is 2.01. The molecule has 1 aromatic rings. The normalized spacial score (nSPS) is 39.9. The number of hydrogen-bond acceptors (Lipinski definition) is 1. The Labute approximate surface area is 130 Å². The maximum atomic E-state index is 14.2. The Kier molecular flexibility index (Phi) is 3.09. The Morgan fingerprint density at radius 2 is 1.76 bits per heavy atom. The molecule has 1 aliphatic heterocycles. The predicted octanol–water partition coefficient (Wildman–Crippen LogP) is 4.41. The molecule has 0 spiro atoms. The standard InChI is InChI=1S/C15H11Cl2F3O/c1-12(8-14(18,19)15(12,17)20)13(9-21-13)7-6-10-2-4-11(16)5-3-10/h2-5H,8-9H2,1H3. The summed E-state index contributed by atoms with van der Waals surface area (Å²) in [7, 11) is 0. The minimum Gasteiger partial charge on any atom is -0.355 e. The first-order valence-electron chi connectivity index (χ1n) is 6.32. The minimum absolute atomic E-state index is 0.0958. The van der Waals surface area contributed by atoms with Crippen LogP contribution in [0.2, 0.25) is 5.02 Å². The molecule has 2 aliphatic rings. The monoisotopic (exact) mass is 334 g/mol. The molecule has 0 bridgehead atoms. The van der Waals surface area contributed by atoms with Gasteiger partial charge < -0.3 is 4.74 Å². The highest BCUT2D eigenvalue weighted by atomic mass is 35.5. The van der Waals surface area contributed by atoms with Crippen molar-refractivity contribution < 1.29 is 17.9 Å². The molecule has 112 valence electrons. The second kappa shape index (κ2) is 4.32. The molecule has 2 fully saturated rings. The molecule has 1 nitrogen and oxygen atoms in total. The van der Waals surface area contributed by atoms with Crippen molar-refractivity contribution >= 4 is 23.2 Å². The lowest BCUT2D eigenvalue weighted by Crippen LogP contribution is -2.70. The van der Waals surface area contributed by atoms with Gasteiger partial charge in [-0.1, -0.05) is 42.0 Å². The molecule has 1 heterocycles. The molecule has 1 saturated carbocycles. The summed E-state index contributed by atoms with van der Waals surface area (Å²) >= 11 is 11.2. The van der Waals surface area contributed by atoms with E-state index in [0.717, 1.165) is 0 Å². The van der Waals surface area contributed by atoms with E-state index < -0.39 is 28.5 Å². The van der Waals surface area contributed by atoms with Crippen molar-refractivity contribution in [1.29, 1.82) is 0 Å². The Balaban J connectivity index is 1.89. The number of benzene rings is 1. The van der Waals surface area contributed by atoms with Gasteiger partial charge in [-0.25, -0.2) is 13.2 Å². The average Bonchev–Trinajstić information content (AvgIpc) is 3.18. The lowest BCUT2D eigenvalue weighted by molar-refractivity contribution is -0.264. The van der Waals surface area contributed by atoms with E-state index in [-0.39, 0.29) is 6.61 Å². The molecule has 3 rings (SSSR count). The molecular formula is C15H11Cl2F3O. The quantitative estimate of drug-likeness (QED) is 0.421. The highest BCUT2D eigenvalue weighted by Gasteiger charge is 2.85. The van der Waals surface area contributed by atoms with Gasteiger partial charge >= 0.3 is 0 Å². The van der Waals surface area contributed by atoms with Gasteiger partial charge in [0.2, 0.25) is 0 Å². The molecule has 6 heteroatoms. The fourth-order valence-electron chi connectivity index (χ4n) is 2.67. The summed E-state index contributed by atoms with van der Waals surface area (Å²) in [6.45, 7) is 1.44. The third-order valence-corrected chi connectivity index (χ3v) is 5.25. The van der Waals surface area contributed by atoms with E-state index in [1.54, 1.807) is 24.3 Å². The first kappa shape index (κ1) is 15.0. The Morgan fingerprint density at radius 1 is 1.19 bits per heavy atom. The van der Waals surface area contributed by atoms with Crippen LogP contribution in [0.4, 0.5) is 13.2 Å². The summed E-state index contributed by atoms with van der Waals surface area (Å²) in [4.78, 5) is 0. The van der Waals surface area contributed by atoms with Crippen LogP contribution in [0.15, 0.2) is 24.3 Å². The van der Waals surface area contributed by atoms with Crippen LogP contribution in [0, 0.1) is 17.3 Å². The molecule has 1 aromatic carbocycles. The van der Waals surface area contributed by atoms with E-state index in [0.29, 0.717) is 10.6 Å². The predicted molar refractivity (Wildman–Crippen MR) is 74.4 cm³/mol. The molecule has 0 radical (unpaired) electrons. The Bertz CT molecular complexity index is 641. The number of ether oxygens (including phenoxy) is 1. The van der Waals surface area contributed by atoms with Crippen LogP contribution >= 0.6 is 23.2 Å². The van der Waals surface area contributed by atoms with E-state index in [9.17, 15) is 13.2 Å². The van der Waals surface area contributed by atoms with Crippen molar-refractivity contribution in [1.82, 2.24) is 0 Å². The molecule has 0 amide bonds. The lowest BCUT2D eigenvalue weighted by Gasteiger charge is -2.55. The molecule has 21 heavy (non-hydrogen) atoms. The first-order chi connectivity index (χ1) is 9.64. The third-order valence-electron chi connectivity index (χ3n) is 4.31. The van der Waals surface area contributed by atoms with Gasteiger partial charge in [0.1, 0.15) is 0 Å². The largest absolute Gasteiger partial charge is 0.355 e. The molecular weight excluding hydrogens is 324 g/mol. The van der Waals surface area contributed by atoms with Crippen LogP contribution in [-0.2, 0) is 4.74 Å². The van der Waals surface area contributed by atoms with Gasteiger partial charge in [0, 0.05) is 17.0 Å². The zero-order valence-electron chi connectivity index (χ0n) is 11.0. The van der Waals surface area contributed by atoms with E-state index in [2.05, 4.69) is 11.8 Å². The van der Waals surface area contributed by atoms with Crippen molar-refractivity contribution in [2.24, 2.45) is 5.41 Å². The number of hydrogen-bond donors (Lipinski definition) is 0. The molecule has 3 unspecified atom stereocenters. The fraction of sp³-hybridized carbons (Fsp3) is 0.467. The smallest absolute Gasteiger partial charge is 0.296 e. The van der Waals surface area contributed by atoms with Crippen molar-refractivity contribution in [2.75, 3.05) is 6.61 Å².